The molecule has 12 nitrogen and oxygen atoms in total. The summed E-state index contributed by atoms with van der Waals surface area (Å²) in [5, 5.41) is 18.8. The SMILES string of the molecule is COCCN(C)C(=O)Oc1nc(Cn2nc(-c3ccc(Cl)cc3)n(CC(O)C(F)(F)F)c2=O)nn1-c1ccccc1Cl. The van der Waals surface area contributed by atoms with Crippen LogP contribution in [0, 0.1) is 0 Å². The maximum Gasteiger partial charge on any atom is 0.417 e. The number of aromatic nitrogens is 6. The Morgan fingerprint density at radius 1 is 1.12 bits per heavy atom. The minimum Gasteiger partial charge on any atom is -0.383 e. The van der Waals surface area contributed by atoms with E-state index in [0.29, 0.717) is 15.3 Å². The first kappa shape index (κ1) is 31.0. The van der Waals surface area contributed by atoms with Crippen molar-refractivity contribution in [3.63, 3.8) is 0 Å². The van der Waals surface area contributed by atoms with E-state index in [0.717, 1.165) is 9.36 Å². The molecule has 2 aromatic heterocycles. The second-order valence-corrected chi connectivity index (χ2v) is 9.74. The molecule has 0 spiro atoms. The van der Waals surface area contributed by atoms with Crippen molar-refractivity contribution in [2.24, 2.45) is 0 Å². The largest absolute Gasteiger partial charge is 0.417 e. The van der Waals surface area contributed by atoms with Crippen LogP contribution in [0.1, 0.15) is 5.82 Å². The lowest BCUT2D eigenvalue weighted by atomic mass is 10.2. The number of alkyl halides is 3. The van der Waals surface area contributed by atoms with Crippen molar-refractivity contribution in [1.29, 1.82) is 0 Å². The van der Waals surface area contributed by atoms with Crippen LogP contribution in [0.15, 0.2) is 53.3 Å². The third kappa shape index (κ3) is 7.10. The molecule has 1 atom stereocenters. The maximum absolute atomic E-state index is 13.3. The number of nitrogens with zero attached hydrogens (tertiary/aromatic N) is 7. The molecule has 0 saturated heterocycles. The number of benzene rings is 2. The van der Waals surface area contributed by atoms with E-state index in [1.807, 2.05) is 0 Å². The van der Waals surface area contributed by atoms with Crippen LogP contribution < -0.4 is 10.4 Å². The van der Waals surface area contributed by atoms with Crippen molar-refractivity contribution in [3.8, 4) is 23.1 Å². The molecule has 0 radical (unpaired) electrons. The first-order valence-corrected chi connectivity index (χ1v) is 13.0. The topological polar surface area (TPSA) is 130 Å². The van der Waals surface area contributed by atoms with Crippen LogP contribution in [0.25, 0.3) is 17.1 Å². The van der Waals surface area contributed by atoms with Gasteiger partial charge in [0.25, 0.3) is 0 Å². The van der Waals surface area contributed by atoms with Crippen LogP contribution in [-0.2, 0) is 17.8 Å². The number of carbonyl (C=O) groups excluding carboxylic acids is 1. The van der Waals surface area contributed by atoms with E-state index in [9.17, 15) is 27.9 Å². The first-order chi connectivity index (χ1) is 19.9. The predicted octanol–water partition coefficient (Wildman–Crippen LogP) is 3.65. The van der Waals surface area contributed by atoms with Crippen molar-refractivity contribution < 1.29 is 32.5 Å². The van der Waals surface area contributed by atoms with Crippen molar-refractivity contribution in [2.45, 2.75) is 25.4 Å². The fourth-order valence-corrected chi connectivity index (χ4v) is 4.00. The number of carbonyl (C=O) groups is 1. The minimum atomic E-state index is -4.98. The zero-order chi connectivity index (χ0) is 30.6. The van der Waals surface area contributed by atoms with Gasteiger partial charge in [0.05, 0.1) is 23.9 Å². The molecule has 2 aromatic carbocycles. The number of rotatable bonds is 10. The van der Waals surface area contributed by atoms with E-state index in [-0.39, 0.29) is 41.4 Å². The van der Waals surface area contributed by atoms with Crippen molar-refractivity contribution in [3.05, 3.63) is 74.9 Å². The standard InChI is InChI=1S/C25H24Cl2F3N7O5/c1-34(11-12-41-2)24(40)42-22-31-20(32-37(22)18-6-4-3-5-17(18)27)14-36-23(39)35(13-19(38)25(28,29)30)21(33-36)15-7-9-16(26)10-8-15/h3-10,19,38H,11-14H2,1-2H3. The second-order valence-electron chi connectivity index (χ2n) is 8.89. The molecule has 42 heavy (non-hydrogen) atoms. The van der Waals surface area contributed by atoms with Crippen LogP contribution in [0.3, 0.4) is 0 Å². The Bertz CT molecular complexity index is 1610. The summed E-state index contributed by atoms with van der Waals surface area (Å²) in [6.07, 6.45) is -8.60. The highest BCUT2D eigenvalue weighted by Gasteiger charge is 2.39. The smallest absolute Gasteiger partial charge is 0.383 e. The van der Waals surface area contributed by atoms with E-state index in [2.05, 4.69) is 15.2 Å². The number of hydrogen-bond donors (Lipinski definition) is 1. The number of likely N-dealkylation sites (N-methyl/N-ethyl adjacent to an activating group) is 1. The molecule has 0 fully saturated rings. The number of hydrogen-bond acceptors (Lipinski definition) is 8. The summed E-state index contributed by atoms with van der Waals surface area (Å²) in [6, 6.07) is 12.1. The van der Waals surface area contributed by atoms with Gasteiger partial charge in [-0.15, -0.1) is 10.2 Å². The summed E-state index contributed by atoms with van der Waals surface area (Å²) in [5.74, 6) is -0.236. The Hall–Kier alpha value is -3.92. The lowest BCUT2D eigenvalue weighted by Crippen LogP contribution is -2.37. The highest BCUT2D eigenvalue weighted by molar-refractivity contribution is 6.32. The predicted molar refractivity (Wildman–Crippen MR) is 145 cm³/mol. The molecular weight excluding hydrogens is 606 g/mol. The fourth-order valence-electron chi connectivity index (χ4n) is 3.66. The number of methoxy groups -OCH3 is 1. The minimum absolute atomic E-state index is 0.0805. The van der Waals surface area contributed by atoms with E-state index in [1.165, 1.54) is 43.3 Å². The Balaban J connectivity index is 1.74. The summed E-state index contributed by atoms with van der Waals surface area (Å²) in [4.78, 5) is 31.4. The van der Waals surface area contributed by atoms with Crippen LogP contribution in [0.2, 0.25) is 10.0 Å². The van der Waals surface area contributed by atoms with Crippen LogP contribution in [0.4, 0.5) is 18.0 Å². The van der Waals surface area contributed by atoms with Crippen molar-refractivity contribution in [2.75, 3.05) is 27.3 Å². The van der Waals surface area contributed by atoms with Crippen molar-refractivity contribution >= 4 is 29.3 Å². The molecule has 2 heterocycles. The lowest BCUT2D eigenvalue weighted by molar-refractivity contribution is -0.207. The number of halogens is 5. The molecule has 0 aliphatic rings. The Morgan fingerprint density at radius 2 is 1.81 bits per heavy atom. The summed E-state index contributed by atoms with van der Waals surface area (Å²) < 4.78 is 52.6. The number of aliphatic hydroxyl groups excluding tert-OH is 1. The zero-order valence-corrected chi connectivity index (χ0v) is 23.6. The van der Waals surface area contributed by atoms with Gasteiger partial charge in [-0.25, -0.2) is 14.3 Å². The first-order valence-electron chi connectivity index (χ1n) is 12.2. The van der Waals surface area contributed by atoms with Gasteiger partial charge in [0.15, 0.2) is 17.8 Å². The van der Waals surface area contributed by atoms with Gasteiger partial charge in [-0.05, 0) is 36.4 Å². The van der Waals surface area contributed by atoms with Gasteiger partial charge in [-0.1, -0.05) is 35.3 Å². The highest BCUT2D eigenvalue weighted by atomic mass is 35.5. The molecule has 0 aliphatic heterocycles. The van der Waals surface area contributed by atoms with Crippen LogP contribution >= 0.6 is 23.2 Å². The molecule has 0 bridgehead atoms. The van der Waals surface area contributed by atoms with Crippen LogP contribution in [0.5, 0.6) is 6.01 Å². The van der Waals surface area contributed by atoms with Gasteiger partial charge < -0.3 is 19.5 Å². The Labute approximate surface area is 246 Å². The number of para-hydroxylation sites is 1. The quantitative estimate of drug-likeness (QED) is 0.281. The molecule has 1 amide bonds. The molecular formula is C25H24Cl2F3N7O5. The molecule has 0 aliphatic carbocycles. The van der Waals surface area contributed by atoms with E-state index < -0.39 is 37.2 Å². The third-order valence-electron chi connectivity index (χ3n) is 5.87. The van der Waals surface area contributed by atoms with Gasteiger partial charge in [-0.3, -0.25) is 4.57 Å². The number of aliphatic hydroxyl groups is 1. The molecule has 224 valence electrons. The summed E-state index contributed by atoms with van der Waals surface area (Å²) in [7, 11) is 2.96. The molecule has 1 N–H and O–H groups in total. The molecule has 4 aromatic rings. The average Bonchev–Trinajstić information content (AvgIpc) is 3.47. The van der Waals surface area contributed by atoms with Gasteiger partial charge in [0.1, 0.15) is 6.54 Å². The van der Waals surface area contributed by atoms with E-state index in [1.54, 1.807) is 24.3 Å². The molecule has 1 unspecified atom stereocenters. The maximum atomic E-state index is 13.3. The van der Waals surface area contributed by atoms with Gasteiger partial charge in [-0.2, -0.15) is 22.8 Å². The number of amides is 1. The average molecular weight is 630 g/mol. The second kappa shape index (κ2) is 12.9. The number of ether oxygens (including phenoxy) is 2. The monoisotopic (exact) mass is 629 g/mol. The molecule has 4 rings (SSSR count). The molecule has 17 heteroatoms. The summed E-state index contributed by atoms with van der Waals surface area (Å²) in [5.41, 5.74) is -0.406. The lowest BCUT2D eigenvalue weighted by Gasteiger charge is -2.15. The van der Waals surface area contributed by atoms with Crippen LogP contribution in [-0.4, -0.2) is 84.8 Å². The van der Waals surface area contributed by atoms with E-state index >= 15 is 0 Å². The van der Waals surface area contributed by atoms with Gasteiger partial charge in [0.2, 0.25) is 0 Å². The van der Waals surface area contributed by atoms with Gasteiger partial charge >= 0.3 is 24.0 Å². The fraction of sp³-hybridized carbons (Fsp3) is 0.320. The third-order valence-corrected chi connectivity index (χ3v) is 6.44. The highest BCUT2D eigenvalue weighted by Crippen LogP contribution is 2.26. The Kier molecular flexibility index (Phi) is 9.56. The summed E-state index contributed by atoms with van der Waals surface area (Å²) in [6.45, 7) is -1.08. The van der Waals surface area contributed by atoms with Crippen molar-refractivity contribution in [1.82, 2.24) is 34.0 Å². The zero-order valence-electron chi connectivity index (χ0n) is 22.1. The normalized spacial score (nSPS) is 12.4. The summed E-state index contributed by atoms with van der Waals surface area (Å²) >= 11 is 12.3. The van der Waals surface area contributed by atoms with Gasteiger partial charge in [0, 0.05) is 31.3 Å². The molecule has 0 saturated carbocycles. The Morgan fingerprint density at radius 3 is 2.45 bits per heavy atom. The van der Waals surface area contributed by atoms with E-state index in [4.69, 9.17) is 32.7 Å².